The molecule has 2 N–H and O–H groups in total. The summed E-state index contributed by atoms with van der Waals surface area (Å²) >= 11 is 1.59. The van der Waals surface area contributed by atoms with Crippen LogP contribution in [0.15, 0.2) is 54.0 Å². The first kappa shape index (κ1) is 15.3. The van der Waals surface area contributed by atoms with E-state index in [1.165, 1.54) is 0 Å². The molecule has 4 rings (SSSR count). The molecule has 1 amide bonds. The number of benzene rings is 1. The van der Waals surface area contributed by atoms with Gasteiger partial charge in [-0.15, -0.1) is 11.3 Å². The zero-order chi connectivity index (χ0) is 17.2. The maximum Gasteiger partial charge on any atom is 0.276 e. The van der Waals surface area contributed by atoms with Gasteiger partial charge in [0.25, 0.3) is 5.91 Å². The summed E-state index contributed by atoms with van der Waals surface area (Å²) in [5, 5.41) is 12.7. The minimum atomic E-state index is -0.283. The summed E-state index contributed by atoms with van der Waals surface area (Å²) in [6, 6.07) is 13.0. The summed E-state index contributed by atoms with van der Waals surface area (Å²) < 4.78 is 5.33. The van der Waals surface area contributed by atoms with Crippen LogP contribution in [0.2, 0.25) is 0 Å². The van der Waals surface area contributed by atoms with Crippen molar-refractivity contribution >= 4 is 33.8 Å². The molecule has 3 aromatic heterocycles. The Morgan fingerprint density at radius 2 is 2.16 bits per heavy atom. The lowest BCUT2D eigenvalue weighted by molar-refractivity contribution is 0.102. The molecule has 0 atom stereocenters. The van der Waals surface area contributed by atoms with Crippen molar-refractivity contribution in [2.75, 3.05) is 12.4 Å². The van der Waals surface area contributed by atoms with Crippen LogP contribution >= 0.6 is 11.3 Å². The Morgan fingerprint density at radius 1 is 1.24 bits per heavy atom. The Balaban J connectivity index is 1.64. The Kier molecular flexibility index (Phi) is 3.91. The largest absolute Gasteiger partial charge is 0.494 e. The Hall–Kier alpha value is -3.19. The highest BCUT2D eigenvalue weighted by molar-refractivity contribution is 7.13. The van der Waals surface area contributed by atoms with Gasteiger partial charge in [-0.1, -0.05) is 6.07 Å². The van der Waals surface area contributed by atoms with Crippen molar-refractivity contribution in [2.45, 2.75) is 0 Å². The fraction of sp³-hybridized carbons (Fsp3) is 0.0556. The van der Waals surface area contributed by atoms with Gasteiger partial charge >= 0.3 is 0 Å². The number of nitrogens with one attached hydrogen (secondary N) is 2. The van der Waals surface area contributed by atoms with Gasteiger partial charge in [-0.3, -0.25) is 14.9 Å². The van der Waals surface area contributed by atoms with Crippen LogP contribution in [-0.4, -0.2) is 28.2 Å². The summed E-state index contributed by atoms with van der Waals surface area (Å²) in [6.07, 6.45) is 1.69. The van der Waals surface area contributed by atoms with Gasteiger partial charge in [0.2, 0.25) is 0 Å². The molecule has 6 nitrogen and oxygen atoms in total. The van der Waals surface area contributed by atoms with Crippen molar-refractivity contribution in [3.63, 3.8) is 0 Å². The predicted molar refractivity (Wildman–Crippen MR) is 98.1 cm³/mol. The van der Waals surface area contributed by atoms with Crippen LogP contribution in [0.3, 0.4) is 0 Å². The number of aromatic nitrogens is 3. The molecule has 124 valence electrons. The van der Waals surface area contributed by atoms with E-state index in [-0.39, 0.29) is 5.91 Å². The molecule has 0 spiro atoms. The quantitative estimate of drug-likeness (QED) is 0.584. The SMILES string of the molecule is COc1ccc(NC(=O)c2cc(-c3cccs3)[nH]n2)c2cccnc12. The third-order valence-corrected chi connectivity index (χ3v) is 4.70. The van der Waals surface area contributed by atoms with Gasteiger partial charge in [-0.2, -0.15) is 5.10 Å². The molecule has 0 fully saturated rings. The van der Waals surface area contributed by atoms with E-state index in [9.17, 15) is 4.79 Å². The zero-order valence-electron chi connectivity index (χ0n) is 13.3. The van der Waals surface area contributed by atoms with Crippen LogP contribution in [0.4, 0.5) is 5.69 Å². The normalized spacial score (nSPS) is 10.8. The van der Waals surface area contributed by atoms with Gasteiger partial charge in [-0.05, 0) is 41.8 Å². The van der Waals surface area contributed by atoms with Crippen LogP contribution < -0.4 is 10.1 Å². The highest BCUT2D eigenvalue weighted by Crippen LogP contribution is 2.30. The molecule has 0 unspecified atom stereocenters. The summed E-state index contributed by atoms with van der Waals surface area (Å²) in [5.74, 6) is 0.378. The molecule has 0 saturated heterocycles. The molecule has 0 aliphatic rings. The molecule has 4 aromatic rings. The number of hydrogen-bond donors (Lipinski definition) is 2. The third-order valence-electron chi connectivity index (χ3n) is 3.80. The Labute approximate surface area is 147 Å². The minimum absolute atomic E-state index is 0.283. The summed E-state index contributed by atoms with van der Waals surface area (Å²) in [4.78, 5) is 17.9. The molecular formula is C18H14N4O2S. The molecule has 7 heteroatoms. The number of amides is 1. The van der Waals surface area contributed by atoms with E-state index in [4.69, 9.17) is 4.74 Å². The van der Waals surface area contributed by atoms with Gasteiger partial charge in [0, 0.05) is 11.6 Å². The second-order valence-corrected chi connectivity index (χ2v) is 6.26. The number of rotatable bonds is 4. The number of ether oxygens (including phenoxy) is 1. The Bertz CT molecular complexity index is 1040. The fourth-order valence-electron chi connectivity index (χ4n) is 2.60. The minimum Gasteiger partial charge on any atom is -0.494 e. The number of H-pyrrole nitrogens is 1. The van der Waals surface area contributed by atoms with Crippen LogP contribution in [0.1, 0.15) is 10.5 Å². The van der Waals surface area contributed by atoms with E-state index in [0.717, 1.165) is 16.0 Å². The highest BCUT2D eigenvalue weighted by atomic mass is 32.1. The Morgan fingerprint density at radius 3 is 2.96 bits per heavy atom. The van der Waals surface area contributed by atoms with Crippen molar-refractivity contribution in [1.29, 1.82) is 0 Å². The lowest BCUT2D eigenvalue weighted by Gasteiger charge is -2.10. The second-order valence-electron chi connectivity index (χ2n) is 5.31. The molecule has 0 aliphatic carbocycles. The van der Waals surface area contributed by atoms with Crippen molar-refractivity contribution in [3.8, 4) is 16.3 Å². The first-order valence-corrected chi connectivity index (χ1v) is 8.46. The molecular weight excluding hydrogens is 336 g/mol. The molecule has 0 saturated carbocycles. The predicted octanol–water partition coefficient (Wildman–Crippen LogP) is 3.95. The number of nitrogens with zero attached hydrogens (tertiary/aromatic N) is 2. The monoisotopic (exact) mass is 350 g/mol. The van der Waals surface area contributed by atoms with E-state index >= 15 is 0 Å². The number of hydrogen-bond acceptors (Lipinski definition) is 5. The number of fused-ring (bicyclic) bond motifs is 1. The zero-order valence-corrected chi connectivity index (χ0v) is 14.1. The average molecular weight is 350 g/mol. The molecule has 3 heterocycles. The van der Waals surface area contributed by atoms with Gasteiger partial charge < -0.3 is 10.1 Å². The standard InChI is InChI=1S/C18H14N4O2S/c1-24-15-7-6-12(11-4-2-8-19-17(11)15)20-18(23)14-10-13(21-22-14)16-5-3-9-25-16/h2-10H,1H3,(H,20,23)(H,21,22). The smallest absolute Gasteiger partial charge is 0.276 e. The number of aromatic amines is 1. The second kappa shape index (κ2) is 6.37. The van der Waals surface area contributed by atoms with Crippen LogP contribution in [0.25, 0.3) is 21.5 Å². The first-order chi connectivity index (χ1) is 12.3. The molecule has 0 aliphatic heterocycles. The van der Waals surface area contributed by atoms with Crippen molar-refractivity contribution in [2.24, 2.45) is 0 Å². The number of pyridine rings is 1. The number of anilines is 1. The molecule has 0 radical (unpaired) electrons. The van der Waals surface area contributed by atoms with E-state index in [1.54, 1.807) is 42.8 Å². The molecule has 25 heavy (non-hydrogen) atoms. The first-order valence-electron chi connectivity index (χ1n) is 7.58. The maximum atomic E-state index is 12.6. The number of methoxy groups -OCH3 is 1. The van der Waals surface area contributed by atoms with E-state index < -0.39 is 0 Å². The van der Waals surface area contributed by atoms with Gasteiger partial charge in [0.05, 0.1) is 23.4 Å². The third kappa shape index (κ3) is 2.85. The summed E-state index contributed by atoms with van der Waals surface area (Å²) in [5.41, 5.74) is 2.51. The number of carbonyl (C=O) groups is 1. The van der Waals surface area contributed by atoms with E-state index in [0.29, 0.717) is 22.6 Å². The lowest BCUT2D eigenvalue weighted by Crippen LogP contribution is -2.12. The van der Waals surface area contributed by atoms with Gasteiger partial charge in [0.1, 0.15) is 11.3 Å². The lowest BCUT2D eigenvalue weighted by atomic mass is 10.1. The van der Waals surface area contributed by atoms with E-state index in [2.05, 4.69) is 20.5 Å². The van der Waals surface area contributed by atoms with Crippen molar-refractivity contribution < 1.29 is 9.53 Å². The van der Waals surface area contributed by atoms with Gasteiger partial charge in [0.15, 0.2) is 5.69 Å². The summed E-state index contributed by atoms with van der Waals surface area (Å²) in [7, 11) is 1.59. The molecule has 0 bridgehead atoms. The van der Waals surface area contributed by atoms with Crippen molar-refractivity contribution in [1.82, 2.24) is 15.2 Å². The van der Waals surface area contributed by atoms with E-state index in [1.807, 2.05) is 29.6 Å². The topological polar surface area (TPSA) is 79.9 Å². The maximum absolute atomic E-state index is 12.6. The highest BCUT2D eigenvalue weighted by Gasteiger charge is 2.15. The molecule has 1 aromatic carbocycles. The average Bonchev–Trinajstić information content (AvgIpc) is 3.33. The number of thiophene rings is 1. The number of carbonyl (C=O) groups excluding carboxylic acids is 1. The summed E-state index contributed by atoms with van der Waals surface area (Å²) in [6.45, 7) is 0. The van der Waals surface area contributed by atoms with Gasteiger partial charge in [-0.25, -0.2) is 0 Å². The van der Waals surface area contributed by atoms with Crippen molar-refractivity contribution in [3.05, 3.63) is 59.7 Å². The van der Waals surface area contributed by atoms with Crippen LogP contribution in [0.5, 0.6) is 5.75 Å². The van der Waals surface area contributed by atoms with Crippen LogP contribution in [0, 0.1) is 0 Å². The fourth-order valence-corrected chi connectivity index (χ4v) is 3.30. The van der Waals surface area contributed by atoms with Crippen LogP contribution in [-0.2, 0) is 0 Å².